The normalized spacial score (nSPS) is 24.5. The van der Waals surface area contributed by atoms with E-state index >= 15 is 0 Å². The minimum atomic E-state index is -0.168. The number of hydrogen-bond donors (Lipinski definition) is 0. The summed E-state index contributed by atoms with van der Waals surface area (Å²) >= 11 is 6.25. The van der Waals surface area contributed by atoms with Gasteiger partial charge in [-0.15, -0.1) is 0 Å². The van der Waals surface area contributed by atoms with Gasteiger partial charge in [0.2, 0.25) is 11.8 Å². The number of benzene rings is 1. The summed E-state index contributed by atoms with van der Waals surface area (Å²) in [5.41, 5.74) is 2.30. The molecule has 1 aliphatic carbocycles. The minimum absolute atomic E-state index is 0.134. The van der Waals surface area contributed by atoms with Crippen LogP contribution in [0.1, 0.15) is 43.2 Å². The second kappa shape index (κ2) is 6.40. The molecule has 0 radical (unpaired) electrons. The number of carbonyl (C=O) groups excluding carboxylic acids is 2. The standard InChI is InChI=1S/C19H23ClN2O2/c20-17-7-3-4-13-11-21(9-8-16(13)17)19(24)14-10-18(23)22(12-14)15-5-1-2-6-15/h3-4,7,14-15H,1-2,5-6,8-12H2. The highest BCUT2D eigenvalue weighted by Crippen LogP contribution is 2.32. The molecule has 3 aliphatic rings. The van der Waals surface area contributed by atoms with E-state index in [2.05, 4.69) is 0 Å². The van der Waals surface area contributed by atoms with Crippen LogP contribution in [0.3, 0.4) is 0 Å². The van der Waals surface area contributed by atoms with Crippen molar-refractivity contribution in [2.24, 2.45) is 5.92 Å². The molecule has 5 heteroatoms. The Bertz CT molecular complexity index is 669. The number of likely N-dealkylation sites (tertiary alicyclic amines) is 1. The van der Waals surface area contributed by atoms with Gasteiger partial charge in [0.05, 0.1) is 5.92 Å². The predicted molar refractivity (Wildman–Crippen MR) is 92.6 cm³/mol. The quantitative estimate of drug-likeness (QED) is 0.826. The first-order chi connectivity index (χ1) is 11.6. The molecule has 4 nitrogen and oxygen atoms in total. The molecule has 2 fully saturated rings. The fourth-order valence-electron chi connectivity index (χ4n) is 4.48. The van der Waals surface area contributed by atoms with E-state index in [9.17, 15) is 9.59 Å². The Morgan fingerprint density at radius 2 is 2.00 bits per heavy atom. The summed E-state index contributed by atoms with van der Waals surface area (Å²) in [4.78, 5) is 29.1. The Balaban J connectivity index is 1.44. The summed E-state index contributed by atoms with van der Waals surface area (Å²) in [6, 6.07) is 6.27. The third kappa shape index (κ3) is 2.81. The van der Waals surface area contributed by atoms with E-state index in [0.717, 1.165) is 29.8 Å². The van der Waals surface area contributed by atoms with Crippen molar-refractivity contribution in [3.8, 4) is 0 Å². The van der Waals surface area contributed by atoms with E-state index in [4.69, 9.17) is 11.6 Å². The highest BCUT2D eigenvalue weighted by molar-refractivity contribution is 6.31. The van der Waals surface area contributed by atoms with Crippen molar-refractivity contribution in [1.29, 1.82) is 0 Å². The number of hydrogen-bond acceptors (Lipinski definition) is 2. The molecular weight excluding hydrogens is 324 g/mol. The van der Waals surface area contributed by atoms with Crippen LogP contribution in [0.4, 0.5) is 0 Å². The summed E-state index contributed by atoms with van der Waals surface area (Å²) in [6.07, 6.45) is 5.79. The smallest absolute Gasteiger partial charge is 0.228 e. The van der Waals surface area contributed by atoms with Crippen molar-refractivity contribution in [1.82, 2.24) is 9.80 Å². The van der Waals surface area contributed by atoms with Gasteiger partial charge in [0.25, 0.3) is 0 Å². The number of carbonyl (C=O) groups is 2. The third-order valence-corrected chi connectivity index (χ3v) is 6.15. The Labute approximate surface area is 147 Å². The van der Waals surface area contributed by atoms with E-state index in [1.165, 1.54) is 18.4 Å². The van der Waals surface area contributed by atoms with Gasteiger partial charge in [-0.3, -0.25) is 9.59 Å². The molecule has 128 valence electrons. The molecule has 2 amide bonds. The van der Waals surface area contributed by atoms with Crippen LogP contribution in [0, 0.1) is 5.92 Å². The van der Waals surface area contributed by atoms with Gasteiger partial charge in [0.15, 0.2) is 0 Å². The van der Waals surface area contributed by atoms with Crippen LogP contribution in [0.25, 0.3) is 0 Å². The Morgan fingerprint density at radius 3 is 2.79 bits per heavy atom. The van der Waals surface area contributed by atoms with Crippen LogP contribution in [0.5, 0.6) is 0 Å². The molecule has 1 atom stereocenters. The topological polar surface area (TPSA) is 40.6 Å². The average molecular weight is 347 g/mol. The SMILES string of the molecule is O=C(C1CC(=O)N(C2CCCC2)C1)N1CCc2c(Cl)cccc2C1. The summed E-state index contributed by atoms with van der Waals surface area (Å²) in [6.45, 7) is 1.92. The van der Waals surface area contributed by atoms with Crippen LogP contribution < -0.4 is 0 Å². The van der Waals surface area contributed by atoms with Crippen molar-refractivity contribution in [2.75, 3.05) is 13.1 Å². The van der Waals surface area contributed by atoms with Gasteiger partial charge in [0, 0.05) is 37.1 Å². The largest absolute Gasteiger partial charge is 0.339 e. The lowest BCUT2D eigenvalue weighted by Crippen LogP contribution is -2.41. The summed E-state index contributed by atoms with van der Waals surface area (Å²) in [7, 11) is 0. The van der Waals surface area contributed by atoms with Crippen LogP contribution in [0.2, 0.25) is 5.02 Å². The third-order valence-electron chi connectivity index (χ3n) is 5.79. The van der Waals surface area contributed by atoms with Crippen molar-refractivity contribution >= 4 is 23.4 Å². The molecule has 0 bridgehead atoms. The molecule has 0 spiro atoms. The first-order valence-corrected chi connectivity index (χ1v) is 9.36. The number of nitrogens with zero attached hydrogens (tertiary/aromatic N) is 2. The Morgan fingerprint density at radius 1 is 1.21 bits per heavy atom. The molecule has 1 aromatic rings. The second-order valence-electron chi connectivity index (χ2n) is 7.27. The van der Waals surface area contributed by atoms with Gasteiger partial charge in [-0.25, -0.2) is 0 Å². The zero-order valence-electron chi connectivity index (χ0n) is 13.8. The van der Waals surface area contributed by atoms with Gasteiger partial charge in [0.1, 0.15) is 0 Å². The monoisotopic (exact) mass is 346 g/mol. The molecule has 1 saturated carbocycles. The van der Waals surface area contributed by atoms with Crippen molar-refractivity contribution in [2.45, 2.75) is 51.1 Å². The maximum atomic E-state index is 12.9. The first-order valence-electron chi connectivity index (χ1n) is 8.98. The van der Waals surface area contributed by atoms with E-state index in [-0.39, 0.29) is 17.7 Å². The lowest BCUT2D eigenvalue weighted by atomic mass is 9.98. The Hall–Kier alpha value is -1.55. The number of rotatable bonds is 2. The first kappa shape index (κ1) is 15.9. The summed E-state index contributed by atoms with van der Waals surface area (Å²) in [5.74, 6) is 0.133. The van der Waals surface area contributed by atoms with Crippen molar-refractivity contribution < 1.29 is 9.59 Å². The van der Waals surface area contributed by atoms with Crippen molar-refractivity contribution in [3.05, 3.63) is 34.3 Å². The van der Waals surface area contributed by atoms with E-state index in [1.807, 2.05) is 28.0 Å². The van der Waals surface area contributed by atoms with E-state index in [1.54, 1.807) is 0 Å². The number of fused-ring (bicyclic) bond motifs is 1. The van der Waals surface area contributed by atoms with E-state index < -0.39 is 0 Å². The minimum Gasteiger partial charge on any atom is -0.339 e. The molecule has 1 saturated heterocycles. The van der Waals surface area contributed by atoms with Gasteiger partial charge in [-0.1, -0.05) is 36.6 Å². The van der Waals surface area contributed by atoms with Crippen LogP contribution >= 0.6 is 11.6 Å². The van der Waals surface area contributed by atoms with Crippen molar-refractivity contribution in [3.63, 3.8) is 0 Å². The molecule has 2 heterocycles. The van der Waals surface area contributed by atoms with Gasteiger partial charge in [-0.2, -0.15) is 0 Å². The molecule has 24 heavy (non-hydrogen) atoms. The molecule has 0 N–H and O–H groups in total. The van der Waals surface area contributed by atoms with Gasteiger partial charge >= 0.3 is 0 Å². The molecule has 4 rings (SSSR count). The molecule has 1 aromatic carbocycles. The lowest BCUT2D eigenvalue weighted by Gasteiger charge is -2.31. The lowest BCUT2D eigenvalue weighted by molar-refractivity contribution is -0.136. The summed E-state index contributed by atoms with van der Waals surface area (Å²) in [5, 5.41) is 0.794. The van der Waals surface area contributed by atoms with Crippen LogP contribution in [-0.2, 0) is 22.6 Å². The van der Waals surface area contributed by atoms with Gasteiger partial charge in [-0.05, 0) is 36.5 Å². The van der Waals surface area contributed by atoms with E-state index in [0.29, 0.717) is 32.1 Å². The number of halogens is 1. The molecule has 1 unspecified atom stereocenters. The second-order valence-corrected chi connectivity index (χ2v) is 7.68. The zero-order chi connectivity index (χ0) is 16.7. The Kier molecular flexibility index (Phi) is 4.25. The molecular formula is C19H23ClN2O2. The number of amides is 2. The highest BCUT2D eigenvalue weighted by Gasteiger charge is 2.40. The predicted octanol–water partition coefficient (Wildman–Crippen LogP) is 3.02. The maximum Gasteiger partial charge on any atom is 0.228 e. The highest BCUT2D eigenvalue weighted by atomic mass is 35.5. The maximum absolute atomic E-state index is 12.9. The van der Waals surface area contributed by atoms with Crippen LogP contribution in [0.15, 0.2) is 18.2 Å². The molecule has 2 aliphatic heterocycles. The zero-order valence-corrected chi connectivity index (χ0v) is 14.6. The summed E-state index contributed by atoms with van der Waals surface area (Å²) < 4.78 is 0. The average Bonchev–Trinajstić information content (AvgIpc) is 3.23. The fourth-order valence-corrected chi connectivity index (χ4v) is 4.76. The fraction of sp³-hybridized carbons (Fsp3) is 0.579. The van der Waals surface area contributed by atoms with Gasteiger partial charge < -0.3 is 9.80 Å². The molecule has 0 aromatic heterocycles. The van der Waals surface area contributed by atoms with Crippen LogP contribution in [-0.4, -0.2) is 40.7 Å².